The molecule has 5 rings (SSSR count). The molecule has 0 radical (unpaired) electrons. The summed E-state index contributed by atoms with van der Waals surface area (Å²) in [6.45, 7) is 4.54. The van der Waals surface area contributed by atoms with Gasteiger partial charge in [0.05, 0.1) is 37.8 Å². The van der Waals surface area contributed by atoms with Gasteiger partial charge < -0.3 is 23.7 Å². The molecule has 5 nitrogen and oxygen atoms in total. The van der Waals surface area contributed by atoms with Crippen LogP contribution in [0.3, 0.4) is 0 Å². The van der Waals surface area contributed by atoms with E-state index in [1.54, 1.807) is 18.9 Å². The molecule has 4 aromatic rings. The van der Waals surface area contributed by atoms with Gasteiger partial charge in [-0.1, -0.05) is 109 Å². The first-order chi connectivity index (χ1) is 21.2. The van der Waals surface area contributed by atoms with Crippen LogP contribution in [0.15, 0.2) is 120 Å². The first kappa shape index (κ1) is 31.5. The summed E-state index contributed by atoms with van der Waals surface area (Å²) in [7, 11) is 1.74. The molecule has 0 bridgehead atoms. The molecule has 0 spiro atoms. The summed E-state index contributed by atoms with van der Waals surface area (Å²) in [5.74, 6) is 0. The van der Waals surface area contributed by atoms with Gasteiger partial charge in [-0.2, -0.15) is 0 Å². The lowest BCUT2D eigenvalue weighted by Gasteiger charge is -2.46. The Balaban J connectivity index is 1.44. The monoisotopic (exact) mass is 598 g/mol. The number of ether oxygens (including phenoxy) is 5. The van der Waals surface area contributed by atoms with Gasteiger partial charge in [0.25, 0.3) is 0 Å². The van der Waals surface area contributed by atoms with Crippen molar-refractivity contribution < 1.29 is 23.7 Å². The van der Waals surface area contributed by atoms with Crippen LogP contribution in [0.25, 0.3) is 0 Å². The highest BCUT2D eigenvalue weighted by Crippen LogP contribution is 2.39. The summed E-state index contributed by atoms with van der Waals surface area (Å²) in [5, 5.41) is -0.0206. The lowest BCUT2D eigenvalue weighted by molar-refractivity contribution is -0.218. The van der Waals surface area contributed by atoms with Crippen molar-refractivity contribution in [3.63, 3.8) is 0 Å². The predicted molar refractivity (Wildman–Crippen MR) is 172 cm³/mol. The molecule has 1 heterocycles. The Morgan fingerprint density at radius 3 is 1.72 bits per heavy atom. The SMILES string of the molecule is COCC[C@@H]1O[C@H](COCc2ccccc2)[C@@H](OCc2ccccc2)[C@H](OCc2ccccc2)[C@H]1Sc1ccc(C)cc1. The number of thioether (sulfide) groups is 1. The average Bonchev–Trinajstić information content (AvgIpc) is 3.05. The van der Waals surface area contributed by atoms with E-state index in [1.807, 2.05) is 54.6 Å². The van der Waals surface area contributed by atoms with E-state index in [-0.39, 0.29) is 29.7 Å². The first-order valence-electron chi connectivity index (χ1n) is 15.0. The summed E-state index contributed by atoms with van der Waals surface area (Å²) >= 11 is 1.80. The number of rotatable bonds is 15. The number of hydrogen-bond donors (Lipinski definition) is 0. The second-order valence-electron chi connectivity index (χ2n) is 10.9. The van der Waals surface area contributed by atoms with E-state index in [4.69, 9.17) is 23.7 Å². The second-order valence-corrected chi connectivity index (χ2v) is 12.2. The molecule has 1 fully saturated rings. The van der Waals surface area contributed by atoms with E-state index >= 15 is 0 Å². The van der Waals surface area contributed by atoms with Gasteiger partial charge in [0.15, 0.2) is 0 Å². The van der Waals surface area contributed by atoms with E-state index in [2.05, 4.69) is 67.6 Å². The van der Waals surface area contributed by atoms with Gasteiger partial charge in [0.2, 0.25) is 0 Å². The molecule has 0 aromatic heterocycles. The van der Waals surface area contributed by atoms with E-state index in [1.165, 1.54) is 10.5 Å². The lowest BCUT2D eigenvalue weighted by Crippen LogP contribution is -2.59. The van der Waals surface area contributed by atoms with E-state index < -0.39 is 0 Å². The molecule has 0 saturated carbocycles. The minimum absolute atomic E-state index is 0.0206. The number of benzene rings is 4. The van der Waals surface area contributed by atoms with Crippen LogP contribution in [0.4, 0.5) is 0 Å². The Morgan fingerprint density at radius 1 is 0.628 bits per heavy atom. The second kappa shape index (κ2) is 16.8. The van der Waals surface area contributed by atoms with Crippen molar-refractivity contribution in [3.05, 3.63) is 138 Å². The van der Waals surface area contributed by atoms with Crippen LogP contribution in [0, 0.1) is 6.92 Å². The maximum atomic E-state index is 6.89. The normalized spacial score (nSPS) is 22.0. The van der Waals surface area contributed by atoms with Gasteiger partial charge in [0.1, 0.15) is 18.3 Å². The van der Waals surface area contributed by atoms with Crippen molar-refractivity contribution in [2.45, 2.75) is 67.7 Å². The largest absolute Gasteiger partial charge is 0.385 e. The molecule has 5 atom stereocenters. The lowest BCUT2D eigenvalue weighted by atomic mass is 9.95. The minimum atomic E-state index is -0.346. The Bertz CT molecular complexity index is 1320. The first-order valence-corrected chi connectivity index (χ1v) is 15.9. The molecule has 1 aliphatic heterocycles. The fourth-order valence-corrected chi connectivity index (χ4v) is 6.63. The van der Waals surface area contributed by atoms with Crippen molar-refractivity contribution in [2.24, 2.45) is 0 Å². The van der Waals surface area contributed by atoms with Gasteiger partial charge >= 0.3 is 0 Å². The summed E-state index contributed by atoms with van der Waals surface area (Å²) in [6, 6.07) is 39.5. The fraction of sp³-hybridized carbons (Fsp3) is 0.351. The fourth-order valence-electron chi connectivity index (χ4n) is 5.30. The van der Waals surface area contributed by atoms with Gasteiger partial charge in [-0.15, -0.1) is 11.8 Å². The van der Waals surface area contributed by atoms with Crippen LogP contribution in [-0.4, -0.2) is 50.0 Å². The van der Waals surface area contributed by atoms with Gasteiger partial charge in [-0.25, -0.2) is 0 Å². The van der Waals surface area contributed by atoms with Crippen LogP contribution < -0.4 is 0 Å². The summed E-state index contributed by atoms with van der Waals surface area (Å²) in [4.78, 5) is 1.18. The molecule has 0 N–H and O–H groups in total. The highest BCUT2D eigenvalue weighted by atomic mass is 32.2. The Kier molecular flexibility index (Phi) is 12.3. The van der Waals surface area contributed by atoms with Crippen LogP contribution >= 0.6 is 11.8 Å². The van der Waals surface area contributed by atoms with Crippen molar-refractivity contribution >= 4 is 11.8 Å². The average molecular weight is 599 g/mol. The summed E-state index contributed by atoms with van der Waals surface area (Å²) in [6.07, 6.45) is -0.289. The van der Waals surface area contributed by atoms with Gasteiger partial charge in [0, 0.05) is 18.6 Å². The van der Waals surface area contributed by atoms with Crippen LogP contribution in [-0.2, 0) is 43.5 Å². The van der Waals surface area contributed by atoms with E-state index in [0.29, 0.717) is 33.0 Å². The highest BCUT2D eigenvalue weighted by molar-refractivity contribution is 8.00. The molecular weight excluding hydrogens is 556 g/mol. The van der Waals surface area contributed by atoms with Gasteiger partial charge in [-0.05, 0) is 42.2 Å². The smallest absolute Gasteiger partial charge is 0.114 e. The zero-order valence-electron chi connectivity index (χ0n) is 25.0. The van der Waals surface area contributed by atoms with E-state index in [0.717, 1.165) is 23.1 Å². The van der Waals surface area contributed by atoms with Crippen molar-refractivity contribution in [1.82, 2.24) is 0 Å². The summed E-state index contributed by atoms with van der Waals surface area (Å²) in [5.41, 5.74) is 4.59. The molecule has 1 saturated heterocycles. The van der Waals surface area contributed by atoms with Crippen molar-refractivity contribution in [1.29, 1.82) is 0 Å². The summed E-state index contributed by atoms with van der Waals surface area (Å²) < 4.78 is 32.3. The zero-order chi connectivity index (χ0) is 29.7. The number of hydrogen-bond acceptors (Lipinski definition) is 6. The predicted octanol–water partition coefficient (Wildman–Crippen LogP) is 7.65. The van der Waals surface area contributed by atoms with Gasteiger partial charge in [-0.3, -0.25) is 0 Å². The topological polar surface area (TPSA) is 46.2 Å². The Labute approximate surface area is 260 Å². The van der Waals surface area contributed by atoms with Crippen molar-refractivity contribution in [2.75, 3.05) is 20.3 Å². The Morgan fingerprint density at radius 2 is 1.16 bits per heavy atom. The molecule has 0 amide bonds. The van der Waals surface area contributed by atoms with Crippen molar-refractivity contribution in [3.8, 4) is 0 Å². The molecule has 6 heteroatoms. The van der Waals surface area contributed by atoms with Crippen LogP contribution in [0.1, 0.15) is 28.7 Å². The van der Waals surface area contributed by atoms with Crippen LogP contribution in [0.2, 0.25) is 0 Å². The molecule has 226 valence electrons. The maximum absolute atomic E-state index is 6.89. The standard InChI is InChI=1S/C37H42O5S/c1-28-18-20-32(21-19-28)43-37-33(22-23-38-2)42-34(27-39-24-29-12-6-3-7-13-29)35(40-25-30-14-8-4-9-15-30)36(37)41-26-31-16-10-5-11-17-31/h3-21,33-37H,22-27H2,1-2H3/t33-,34+,35+,36-,37-/m0/s1. The highest BCUT2D eigenvalue weighted by Gasteiger charge is 2.47. The molecule has 0 unspecified atom stereocenters. The molecular formula is C37H42O5S. The Hall–Kier alpha value is -2.97. The molecule has 1 aliphatic rings. The molecule has 4 aromatic carbocycles. The third-order valence-corrected chi connectivity index (χ3v) is 8.98. The zero-order valence-corrected chi connectivity index (χ0v) is 25.9. The van der Waals surface area contributed by atoms with E-state index in [9.17, 15) is 0 Å². The number of methoxy groups -OCH3 is 1. The molecule has 0 aliphatic carbocycles. The molecule has 43 heavy (non-hydrogen) atoms. The quantitative estimate of drug-likeness (QED) is 0.140. The third-order valence-electron chi connectivity index (χ3n) is 7.59. The van der Waals surface area contributed by atoms with Crippen LogP contribution in [0.5, 0.6) is 0 Å². The maximum Gasteiger partial charge on any atom is 0.114 e. The third kappa shape index (κ3) is 9.51. The number of aryl methyl sites for hydroxylation is 1. The minimum Gasteiger partial charge on any atom is -0.385 e.